The van der Waals surface area contributed by atoms with Gasteiger partial charge in [0.25, 0.3) is 10.0 Å². The van der Waals surface area contributed by atoms with Crippen LogP contribution in [-0.4, -0.2) is 58.0 Å². The van der Waals surface area contributed by atoms with Crippen molar-refractivity contribution in [3.8, 4) is 11.5 Å². The summed E-state index contributed by atoms with van der Waals surface area (Å²) in [4.78, 5) is 28.7. The van der Waals surface area contributed by atoms with Gasteiger partial charge in [0.1, 0.15) is 24.1 Å². The maximum absolute atomic E-state index is 14.1. The van der Waals surface area contributed by atoms with Crippen molar-refractivity contribution in [1.29, 1.82) is 0 Å². The van der Waals surface area contributed by atoms with Crippen LogP contribution in [-0.2, 0) is 26.2 Å². The highest BCUT2D eigenvalue weighted by Gasteiger charge is 2.34. The number of rotatable bonds is 13. The summed E-state index contributed by atoms with van der Waals surface area (Å²) in [6.45, 7) is 6.88. The number of para-hydroxylation sites is 2. The lowest BCUT2D eigenvalue weighted by Crippen LogP contribution is -2.52. The number of ether oxygens (including phenoxy) is 2. The minimum atomic E-state index is -4.19. The lowest BCUT2D eigenvalue weighted by molar-refractivity contribution is -0.139. The zero-order valence-corrected chi connectivity index (χ0v) is 25.3. The van der Waals surface area contributed by atoms with Gasteiger partial charge in [-0.05, 0) is 69.2 Å². The molecule has 0 bridgehead atoms. The molecule has 0 spiro atoms. The van der Waals surface area contributed by atoms with Crippen molar-refractivity contribution in [3.63, 3.8) is 0 Å². The molecule has 9 nitrogen and oxygen atoms in total. The number of hydrogen-bond acceptors (Lipinski definition) is 6. The van der Waals surface area contributed by atoms with Gasteiger partial charge in [-0.1, -0.05) is 48.9 Å². The van der Waals surface area contributed by atoms with Crippen LogP contribution in [0.25, 0.3) is 0 Å². The molecule has 220 valence electrons. The van der Waals surface area contributed by atoms with Gasteiger partial charge in [-0.2, -0.15) is 0 Å². The van der Waals surface area contributed by atoms with Crippen LogP contribution in [0.15, 0.2) is 77.7 Å². The molecule has 3 rings (SSSR count). The van der Waals surface area contributed by atoms with E-state index in [1.54, 1.807) is 74.7 Å². The van der Waals surface area contributed by atoms with Gasteiger partial charge in [-0.15, -0.1) is 0 Å². The van der Waals surface area contributed by atoms with Crippen molar-refractivity contribution in [1.82, 2.24) is 10.2 Å². The van der Waals surface area contributed by atoms with Crippen molar-refractivity contribution in [2.45, 2.75) is 57.6 Å². The van der Waals surface area contributed by atoms with Crippen LogP contribution < -0.4 is 19.1 Å². The Balaban J connectivity index is 2.05. The Morgan fingerprint density at radius 2 is 1.54 bits per heavy atom. The minimum absolute atomic E-state index is 0.0334. The fourth-order valence-corrected chi connectivity index (χ4v) is 5.59. The summed E-state index contributed by atoms with van der Waals surface area (Å²) in [6.07, 6.45) is 0.723. The number of anilines is 1. The molecule has 10 heteroatoms. The molecular formula is C31H39N3O6S. The highest BCUT2D eigenvalue weighted by Crippen LogP contribution is 2.32. The number of nitrogens with zero attached hydrogens (tertiary/aromatic N) is 2. The number of sulfonamides is 1. The van der Waals surface area contributed by atoms with Gasteiger partial charge in [-0.25, -0.2) is 8.42 Å². The first-order chi connectivity index (χ1) is 19.5. The number of benzene rings is 3. The van der Waals surface area contributed by atoms with Crippen molar-refractivity contribution in [2.75, 3.05) is 25.1 Å². The lowest BCUT2D eigenvalue weighted by Gasteiger charge is -2.32. The summed E-state index contributed by atoms with van der Waals surface area (Å²) in [7, 11) is -1.19. The summed E-state index contributed by atoms with van der Waals surface area (Å²) in [5.41, 5.74) is 1.87. The fourth-order valence-electron chi connectivity index (χ4n) is 4.16. The van der Waals surface area contributed by atoms with E-state index in [2.05, 4.69) is 5.32 Å². The molecule has 2 atom stereocenters. The zero-order chi connectivity index (χ0) is 30.2. The molecule has 0 heterocycles. The molecule has 0 aliphatic carbocycles. The van der Waals surface area contributed by atoms with E-state index in [9.17, 15) is 18.0 Å². The van der Waals surface area contributed by atoms with Gasteiger partial charge in [0, 0.05) is 12.6 Å². The summed E-state index contributed by atoms with van der Waals surface area (Å²) in [5, 5.41) is 2.93. The first kappa shape index (κ1) is 31.5. The number of methoxy groups -OCH3 is 2. The van der Waals surface area contributed by atoms with E-state index in [-0.39, 0.29) is 29.1 Å². The van der Waals surface area contributed by atoms with Crippen molar-refractivity contribution < 1.29 is 27.5 Å². The fraction of sp³-hybridized carbons (Fsp3) is 0.355. The zero-order valence-electron chi connectivity index (χ0n) is 24.5. The smallest absolute Gasteiger partial charge is 0.264 e. The molecule has 0 aliphatic heterocycles. The molecule has 0 unspecified atom stereocenters. The van der Waals surface area contributed by atoms with Gasteiger partial charge in [0.15, 0.2) is 0 Å². The van der Waals surface area contributed by atoms with Crippen molar-refractivity contribution in [2.24, 2.45) is 0 Å². The van der Waals surface area contributed by atoms with E-state index in [4.69, 9.17) is 9.47 Å². The van der Waals surface area contributed by atoms with Crippen LogP contribution in [0.2, 0.25) is 0 Å². The number of hydrogen-bond donors (Lipinski definition) is 1. The Hall–Kier alpha value is -4.05. The Bertz CT molecular complexity index is 1420. The molecule has 0 saturated heterocycles. The molecule has 0 saturated carbocycles. The third kappa shape index (κ3) is 7.79. The third-order valence-corrected chi connectivity index (χ3v) is 8.70. The summed E-state index contributed by atoms with van der Waals surface area (Å²) < 4.78 is 39.7. The molecule has 2 amide bonds. The molecule has 1 N–H and O–H groups in total. The quantitative estimate of drug-likeness (QED) is 0.318. The Labute approximate surface area is 243 Å². The SMILES string of the molecule is CC[C@H](C)NC(=O)[C@@H](C)N(Cc1ccc(OC)cc1)C(=O)CN(c1ccccc1OC)S(=O)(=O)c1ccc(C)cc1. The van der Waals surface area contributed by atoms with Crippen LogP contribution in [0.5, 0.6) is 11.5 Å². The van der Waals surface area contributed by atoms with Gasteiger partial charge in [-0.3, -0.25) is 13.9 Å². The maximum atomic E-state index is 14.1. The average Bonchev–Trinajstić information content (AvgIpc) is 2.98. The predicted molar refractivity (Wildman–Crippen MR) is 160 cm³/mol. The predicted octanol–water partition coefficient (Wildman–Crippen LogP) is 4.54. The van der Waals surface area contributed by atoms with Gasteiger partial charge >= 0.3 is 0 Å². The summed E-state index contributed by atoms with van der Waals surface area (Å²) in [6, 6.07) is 19.2. The van der Waals surface area contributed by atoms with Gasteiger partial charge in [0.2, 0.25) is 11.8 Å². The van der Waals surface area contributed by atoms with Gasteiger partial charge < -0.3 is 19.7 Å². The lowest BCUT2D eigenvalue weighted by atomic mass is 10.1. The Kier molecular flexibility index (Phi) is 10.8. The van der Waals surface area contributed by atoms with E-state index in [1.165, 1.54) is 24.1 Å². The van der Waals surface area contributed by atoms with Crippen LogP contribution in [0.3, 0.4) is 0 Å². The van der Waals surface area contributed by atoms with E-state index in [0.29, 0.717) is 11.5 Å². The number of amides is 2. The van der Waals surface area contributed by atoms with Gasteiger partial charge in [0.05, 0.1) is 24.8 Å². The summed E-state index contributed by atoms with van der Waals surface area (Å²) >= 11 is 0. The minimum Gasteiger partial charge on any atom is -0.497 e. The standard InChI is InChI=1S/C31H39N3O6S/c1-7-23(3)32-31(36)24(4)33(20-25-14-16-26(39-5)17-15-25)30(35)21-34(28-10-8-9-11-29(28)40-6)41(37,38)27-18-12-22(2)13-19-27/h8-19,23-24H,7,20-21H2,1-6H3,(H,32,36)/t23-,24+/m0/s1. The van der Waals surface area contributed by atoms with Crippen LogP contribution in [0, 0.1) is 6.92 Å². The number of carbonyl (C=O) groups excluding carboxylic acids is 2. The molecule has 0 aliphatic rings. The maximum Gasteiger partial charge on any atom is 0.264 e. The molecule has 0 radical (unpaired) electrons. The normalized spacial score (nSPS) is 12.6. The molecule has 0 fully saturated rings. The largest absolute Gasteiger partial charge is 0.497 e. The Morgan fingerprint density at radius 3 is 2.12 bits per heavy atom. The monoisotopic (exact) mass is 581 g/mol. The Morgan fingerprint density at radius 1 is 0.902 bits per heavy atom. The number of carbonyl (C=O) groups is 2. The van der Waals surface area contributed by atoms with Crippen LogP contribution in [0.4, 0.5) is 5.69 Å². The highest BCUT2D eigenvalue weighted by atomic mass is 32.2. The number of aryl methyl sites for hydroxylation is 1. The van der Waals surface area contributed by atoms with Crippen LogP contribution in [0.1, 0.15) is 38.3 Å². The second kappa shape index (κ2) is 14.0. The first-order valence-electron chi connectivity index (χ1n) is 13.5. The first-order valence-corrected chi connectivity index (χ1v) is 14.9. The van der Waals surface area contributed by atoms with E-state index < -0.39 is 28.5 Å². The second-order valence-electron chi connectivity index (χ2n) is 9.86. The molecule has 0 aromatic heterocycles. The summed E-state index contributed by atoms with van der Waals surface area (Å²) in [5.74, 6) is 0.0710. The topological polar surface area (TPSA) is 105 Å². The van der Waals surface area contributed by atoms with E-state index in [0.717, 1.165) is 21.9 Å². The van der Waals surface area contributed by atoms with E-state index >= 15 is 0 Å². The molecule has 3 aromatic rings. The van der Waals surface area contributed by atoms with Crippen molar-refractivity contribution in [3.05, 3.63) is 83.9 Å². The molecule has 3 aromatic carbocycles. The molecule has 41 heavy (non-hydrogen) atoms. The van der Waals surface area contributed by atoms with E-state index in [1.807, 2.05) is 20.8 Å². The average molecular weight is 582 g/mol. The second-order valence-corrected chi connectivity index (χ2v) is 11.7. The van der Waals surface area contributed by atoms with Crippen LogP contribution >= 0.6 is 0 Å². The molecular weight excluding hydrogens is 542 g/mol. The third-order valence-electron chi connectivity index (χ3n) is 6.92. The highest BCUT2D eigenvalue weighted by molar-refractivity contribution is 7.92. The van der Waals surface area contributed by atoms with Crippen molar-refractivity contribution >= 4 is 27.5 Å². The number of nitrogens with one attached hydrogen (secondary N) is 1.